The van der Waals surface area contributed by atoms with E-state index in [1.165, 1.54) is 12.3 Å². The van der Waals surface area contributed by atoms with E-state index in [0.717, 1.165) is 0 Å². The van der Waals surface area contributed by atoms with E-state index in [4.69, 9.17) is 22.6 Å². The van der Waals surface area contributed by atoms with Crippen molar-refractivity contribution >= 4 is 23.3 Å². The van der Waals surface area contributed by atoms with E-state index in [1.807, 2.05) is 19.9 Å². The second kappa shape index (κ2) is 5.23. The monoisotopic (exact) mass is 266 g/mol. The first-order valence-electron chi connectivity index (χ1n) is 5.45. The SMILES string of the molecule is CC(C)C(C)(Nc1nccc(C#N)c1Cl)C(N)=O. The van der Waals surface area contributed by atoms with E-state index in [-0.39, 0.29) is 16.8 Å². The van der Waals surface area contributed by atoms with Crippen LogP contribution in [0.15, 0.2) is 12.3 Å². The Labute approximate surface area is 111 Å². The second-order valence-corrected chi connectivity index (χ2v) is 4.86. The number of nitriles is 1. The minimum absolute atomic E-state index is 0.0568. The van der Waals surface area contributed by atoms with Gasteiger partial charge in [0.25, 0.3) is 0 Å². The lowest BCUT2D eigenvalue weighted by molar-refractivity contribution is -0.123. The van der Waals surface area contributed by atoms with Crippen molar-refractivity contribution in [3.8, 4) is 6.07 Å². The van der Waals surface area contributed by atoms with Crippen LogP contribution in [-0.4, -0.2) is 16.4 Å². The van der Waals surface area contributed by atoms with Gasteiger partial charge in [0.15, 0.2) is 0 Å². The normalized spacial score (nSPS) is 13.8. The molecule has 1 aromatic heterocycles. The molecule has 1 rings (SSSR count). The Kier molecular flexibility index (Phi) is 4.15. The minimum Gasteiger partial charge on any atom is -0.368 e. The van der Waals surface area contributed by atoms with Gasteiger partial charge in [-0.25, -0.2) is 4.98 Å². The maximum Gasteiger partial charge on any atom is 0.243 e. The quantitative estimate of drug-likeness (QED) is 0.871. The van der Waals surface area contributed by atoms with E-state index in [9.17, 15) is 4.79 Å². The van der Waals surface area contributed by atoms with Crippen LogP contribution in [0.3, 0.4) is 0 Å². The highest BCUT2D eigenvalue weighted by atomic mass is 35.5. The van der Waals surface area contributed by atoms with Crippen molar-refractivity contribution in [3.63, 3.8) is 0 Å². The fourth-order valence-corrected chi connectivity index (χ4v) is 1.55. The number of anilines is 1. The molecule has 1 heterocycles. The smallest absolute Gasteiger partial charge is 0.243 e. The average molecular weight is 267 g/mol. The first-order chi connectivity index (χ1) is 8.32. The molecule has 0 aromatic carbocycles. The Morgan fingerprint density at radius 2 is 2.28 bits per heavy atom. The molecule has 0 radical (unpaired) electrons. The van der Waals surface area contributed by atoms with Crippen molar-refractivity contribution in [2.75, 3.05) is 5.32 Å². The van der Waals surface area contributed by atoms with Crippen LogP contribution in [-0.2, 0) is 4.79 Å². The van der Waals surface area contributed by atoms with Gasteiger partial charge in [-0.15, -0.1) is 0 Å². The van der Waals surface area contributed by atoms with Crippen LogP contribution in [0.25, 0.3) is 0 Å². The molecule has 0 aliphatic rings. The number of carbonyl (C=O) groups excluding carboxylic acids is 1. The Balaban J connectivity index is 3.18. The number of pyridine rings is 1. The van der Waals surface area contributed by atoms with Gasteiger partial charge in [-0.05, 0) is 18.9 Å². The number of hydrogen-bond donors (Lipinski definition) is 2. The molecular weight excluding hydrogens is 252 g/mol. The van der Waals surface area contributed by atoms with Gasteiger partial charge in [0.05, 0.1) is 5.56 Å². The third-order valence-electron chi connectivity index (χ3n) is 3.05. The summed E-state index contributed by atoms with van der Waals surface area (Å²) in [5.74, 6) is -0.276. The number of nitrogens with one attached hydrogen (secondary N) is 1. The second-order valence-electron chi connectivity index (χ2n) is 4.48. The number of halogens is 1. The number of amides is 1. The molecule has 0 saturated carbocycles. The van der Waals surface area contributed by atoms with Crippen molar-refractivity contribution in [1.82, 2.24) is 4.98 Å². The Hall–Kier alpha value is -1.80. The summed E-state index contributed by atoms with van der Waals surface area (Å²) in [7, 11) is 0. The van der Waals surface area contributed by atoms with Crippen LogP contribution in [0.1, 0.15) is 26.3 Å². The third kappa shape index (κ3) is 2.54. The topological polar surface area (TPSA) is 91.8 Å². The number of hydrogen-bond acceptors (Lipinski definition) is 4. The zero-order chi connectivity index (χ0) is 13.9. The fraction of sp³-hybridized carbons (Fsp3) is 0.417. The number of carbonyl (C=O) groups is 1. The van der Waals surface area contributed by atoms with Gasteiger partial charge in [-0.2, -0.15) is 5.26 Å². The van der Waals surface area contributed by atoms with Crippen LogP contribution in [0.2, 0.25) is 5.02 Å². The average Bonchev–Trinajstić information content (AvgIpc) is 2.31. The first kappa shape index (κ1) is 14.3. The van der Waals surface area contributed by atoms with E-state index in [1.54, 1.807) is 6.92 Å². The largest absolute Gasteiger partial charge is 0.368 e. The fourth-order valence-electron chi connectivity index (χ4n) is 1.35. The highest BCUT2D eigenvalue weighted by molar-refractivity contribution is 6.34. The van der Waals surface area contributed by atoms with Crippen molar-refractivity contribution in [3.05, 3.63) is 22.8 Å². The number of nitrogens with two attached hydrogens (primary N) is 1. The van der Waals surface area contributed by atoms with Crippen molar-refractivity contribution in [2.24, 2.45) is 11.7 Å². The van der Waals surface area contributed by atoms with Crippen LogP contribution < -0.4 is 11.1 Å². The molecule has 0 spiro atoms. The van der Waals surface area contributed by atoms with E-state index < -0.39 is 11.4 Å². The highest BCUT2D eigenvalue weighted by Gasteiger charge is 2.35. The highest BCUT2D eigenvalue weighted by Crippen LogP contribution is 2.28. The molecule has 1 amide bonds. The predicted octanol–water partition coefficient (Wildman–Crippen LogP) is 1.92. The van der Waals surface area contributed by atoms with Crippen molar-refractivity contribution in [2.45, 2.75) is 26.3 Å². The summed E-state index contributed by atoms with van der Waals surface area (Å²) < 4.78 is 0. The lowest BCUT2D eigenvalue weighted by atomic mass is 9.87. The van der Waals surface area contributed by atoms with Crippen LogP contribution in [0.4, 0.5) is 5.82 Å². The van der Waals surface area contributed by atoms with Crippen LogP contribution in [0, 0.1) is 17.2 Å². The number of rotatable bonds is 4. The lowest BCUT2D eigenvalue weighted by Crippen LogP contribution is -2.52. The lowest BCUT2D eigenvalue weighted by Gasteiger charge is -2.32. The van der Waals surface area contributed by atoms with Gasteiger partial charge in [-0.1, -0.05) is 25.4 Å². The first-order valence-corrected chi connectivity index (χ1v) is 5.83. The van der Waals surface area contributed by atoms with E-state index in [0.29, 0.717) is 5.56 Å². The molecule has 1 aromatic rings. The molecule has 5 nitrogen and oxygen atoms in total. The molecule has 0 aliphatic carbocycles. The summed E-state index contributed by atoms with van der Waals surface area (Å²) in [6.07, 6.45) is 1.45. The zero-order valence-electron chi connectivity index (χ0n) is 10.5. The molecule has 3 N–H and O–H groups in total. The Morgan fingerprint density at radius 1 is 1.67 bits per heavy atom. The van der Waals surface area contributed by atoms with Crippen LogP contribution >= 0.6 is 11.6 Å². The summed E-state index contributed by atoms with van der Waals surface area (Å²) in [6.45, 7) is 5.40. The molecule has 0 fully saturated rings. The van der Waals surface area contributed by atoms with Gasteiger partial charge in [0, 0.05) is 6.20 Å². The third-order valence-corrected chi connectivity index (χ3v) is 3.44. The van der Waals surface area contributed by atoms with Gasteiger partial charge in [0.1, 0.15) is 22.4 Å². The Morgan fingerprint density at radius 3 is 2.72 bits per heavy atom. The van der Waals surface area contributed by atoms with E-state index in [2.05, 4.69) is 10.3 Å². The Bertz CT molecular complexity index is 509. The molecule has 0 saturated heterocycles. The molecule has 6 heteroatoms. The van der Waals surface area contributed by atoms with Gasteiger partial charge in [-0.3, -0.25) is 4.79 Å². The summed E-state index contributed by atoms with van der Waals surface area (Å²) in [4.78, 5) is 15.6. The zero-order valence-corrected chi connectivity index (χ0v) is 11.2. The van der Waals surface area contributed by atoms with Gasteiger partial charge >= 0.3 is 0 Å². The van der Waals surface area contributed by atoms with E-state index >= 15 is 0 Å². The molecule has 0 aliphatic heterocycles. The molecule has 96 valence electrons. The maximum atomic E-state index is 11.6. The summed E-state index contributed by atoms with van der Waals surface area (Å²) in [5, 5.41) is 12.0. The molecule has 18 heavy (non-hydrogen) atoms. The minimum atomic E-state index is -0.981. The predicted molar refractivity (Wildman–Crippen MR) is 70.0 cm³/mol. The van der Waals surface area contributed by atoms with Gasteiger partial charge < -0.3 is 11.1 Å². The molecular formula is C12H15ClN4O. The van der Waals surface area contributed by atoms with Crippen LogP contribution in [0.5, 0.6) is 0 Å². The summed E-state index contributed by atoms with van der Waals surface area (Å²) >= 11 is 6.02. The van der Waals surface area contributed by atoms with Crippen molar-refractivity contribution < 1.29 is 4.79 Å². The number of nitrogens with zero attached hydrogens (tertiary/aromatic N) is 2. The summed E-state index contributed by atoms with van der Waals surface area (Å²) in [5.41, 5.74) is 4.72. The molecule has 1 unspecified atom stereocenters. The molecule has 0 bridgehead atoms. The standard InChI is InChI=1S/C12H15ClN4O/c1-7(2)12(3,11(15)18)17-10-9(13)8(6-14)4-5-16-10/h4-5,7H,1-3H3,(H2,15,18)(H,16,17). The number of aromatic nitrogens is 1. The van der Waals surface area contributed by atoms with Gasteiger partial charge in [0.2, 0.25) is 5.91 Å². The van der Waals surface area contributed by atoms with Crippen molar-refractivity contribution in [1.29, 1.82) is 5.26 Å². The summed E-state index contributed by atoms with van der Waals surface area (Å²) in [6, 6.07) is 3.46. The number of primary amides is 1. The molecule has 1 atom stereocenters. The maximum absolute atomic E-state index is 11.6.